The van der Waals surface area contributed by atoms with E-state index < -0.39 is 33.9 Å². The third-order valence-corrected chi connectivity index (χ3v) is 9.99. The second-order valence-corrected chi connectivity index (χ2v) is 14.5. The van der Waals surface area contributed by atoms with Gasteiger partial charge in [-0.25, -0.2) is 13.1 Å². The largest absolute Gasteiger partial charge is 0.382 e. The Hall–Kier alpha value is -2.25. The molecule has 1 heterocycles. The lowest BCUT2D eigenvalue weighted by Crippen LogP contribution is -2.46. The highest BCUT2D eigenvalue weighted by atomic mass is 35.5. The van der Waals surface area contributed by atoms with Crippen molar-refractivity contribution >= 4 is 44.9 Å². The molecule has 51 heavy (non-hydrogen) atoms. The number of benzene rings is 2. The molecule has 3 atom stereocenters. The van der Waals surface area contributed by atoms with E-state index in [1.165, 1.54) is 0 Å². The van der Waals surface area contributed by atoms with Crippen LogP contribution in [0.2, 0.25) is 10.0 Å². The molecule has 1 amide bonds. The van der Waals surface area contributed by atoms with Gasteiger partial charge in [0.2, 0.25) is 10.0 Å². The first kappa shape index (κ1) is 43.2. The van der Waals surface area contributed by atoms with E-state index in [4.69, 9.17) is 46.9 Å². The topological polar surface area (TPSA) is 182 Å². The molecule has 1 aliphatic rings. The van der Waals surface area contributed by atoms with Crippen LogP contribution in [0.1, 0.15) is 35.4 Å². The summed E-state index contributed by atoms with van der Waals surface area (Å²) in [5, 5.41) is 23.5. The number of rotatable bonds is 25. The number of carbonyl (C=O) groups is 2. The first-order chi connectivity index (χ1) is 24.4. The number of hydrogen-bond donors (Lipinski definition) is 4. The molecule has 0 aromatic heterocycles. The van der Waals surface area contributed by atoms with Crippen LogP contribution in [0.4, 0.5) is 0 Å². The zero-order valence-corrected chi connectivity index (χ0v) is 31.3. The number of nitrogens with one attached hydrogen (secondary N) is 2. The zero-order chi connectivity index (χ0) is 37.2. The summed E-state index contributed by atoms with van der Waals surface area (Å²) < 4.78 is 54.5. The number of Topliss-reactive ketones (excluding diaryl/α,β-unsaturated/α-hetero) is 1. The van der Waals surface area contributed by atoms with Crippen molar-refractivity contribution in [3.63, 3.8) is 0 Å². The van der Waals surface area contributed by atoms with Crippen molar-refractivity contribution in [3.8, 4) is 0 Å². The third kappa shape index (κ3) is 14.6. The number of halogens is 2. The van der Waals surface area contributed by atoms with E-state index in [0.29, 0.717) is 42.8 Å². The molecule has 3 unspecified atom stereocenters. The van der Waals surface area contributed by atoms with Crippen LogP contribution < -0.4 is 10.0 Å². The highest BCUT2D eigenvalue weighted by Crippen LogP contribution is 2.38. The summed E-state index contributed by atoms with van der Waals surface area (Å²) in [4.78, 5) is 26.3. The number of amides is 1. The quantitative estimate of drug-likeness (QED) is 0.107. The van der Waals surface area contributed by atoms with Crippen molar-refractivity contribution in [1.82, 2.24) is 14.9 Å². The van der Waals surface area contributed by atoms with Gasteiger partial charge in [-0.15, -0.1) is 0 Å². The van der Waals surface area contributed by atoms with Gasteiger partial charge in [0.25, 0.3) is 5.91 Å². The van der Waals surface area contributed by atoms with E-state index in [0.717, 1.165) is 23.2 Å². The van der Waals surface area contributed by atoms with Crippen LogP contribution in [-0.2, 0) is 49.8 Å². The SMILES string of the molecule is COCCOCCCC(=O)C(O)C(O)C(=O)NCCOCCOCCOCCNS(=O)(=O)c1ccc(C2CN(C)Cc3c(Cl)cc(Cl)cc32)cc1. The Morgan fingerprint density at radius 3 is 2.16 bits per heavy atom. The number of ketones is 1. The lowest BCUT2D eigenvalue weighted by molar-refractivity contribution is -0.145. The standard InChI is InChI=1S/C34H49Cl2N3O11S/c1-39-22-28(27-20-25(35)21-30(36)29(27)23-39)24-5-7-26(8-6-24)51(44,45)38-10-13-49-17-19-50-18-16-48-12-9-37-34(43)33(42)32(41)31(40)4-3-11-47-15-14-46-2/h5-8,20-21,28,32-33,38,41-42H,3-4,9-19,22-23H2,1-2H3,(H,37,43). The van der Waals surface area contributed by atoms with Gasteiger partial charge in [0, 0.05) is 62.3 Å². The van der Waals surface area contributed by atoms with Crippen LogP contribution in [0.3, 0.4) is 0 Å². The molecule has 3 rings (SSSR count). The Morgan fingerprint density at radius 1 is 0.882 bits per heavy atom. The third-order valence-electron chi connectivity index (χ3n) is 7.95. The lowest BCUT2D eigenvalue weighted by atomic mass is 9.85. The van der Waals surface area contributed by atoms with Crippen LogP contribution >= 0.6 is 23.2 Å². The van der Waals surface area contributed by atoms with Gasteiger partial charge in [-0.3, -0.25) is 9.59 Å². The Bertz CT molecular complexity index is 1480. The molecule has 0 saturated carbocycles. The number of ether oxygens (including phenoxy) is 5. The van der Waals surface area contributed by atoms with E-state index in [2.05, 4.69) is 14.9 Å². The summed E-state index contributed by atoms with van der Waals surface area (Å²) in [6, 6.07) is 10.5. The summed E-state index contributed by atoms with van der Waals surface area (Å²) in [5.41, 5.74) is 3.04. The van der Waals surface area contributed by atoms with Crippen molar-refractivity contribution in [1.29, 1.82) is 0 Å². The number of aliphatic hydroxyl groups is 2. The highest BCUT2D eigenvalue weighted by Gasteiger charge is 2.30. The Morgan fingerprint density at radius 2 is 1.49 bits per heavy atom. The van der Waals surface area contributed by atoms with Crippen molar-refractivity contribution in [2.75, 3.05) is 93.3 Å². The predicted octanol–water partition coefficient (Wildman–Crippen LogP) is 1.75. The first-order valence-corrected chi connectivity index (χ1v) is 18.9. The number of sulfonamides is 1. The van der Waals surface area contributed by atoms with Crippen LogP contribution in [0.25, 0.3) is 0 Å². The molecule has 4 N–H and O–H groups in total. The second kappa shape index (κ2) is 22.7. The summed E-state index contributed by atoms with van der Waals surface area (Å²) in [6.45, 7) is 4.00. The van der Waals surface area contributed by atoms with Gasteiger partial charge in [0.1, 0.15) is 6.10 Å². The van der Waals surface area contributed by atoms with Gasteiger partial charge in [0.05, 0.1) is 57.8 Å². The molecule has 17 heteroatoms. The monoisotopic (exact) mass is 777 g/mol. The summed E-state index contributed by atoms with van der Waals surface area (Å²) in [6.07, 6.45) is -3.40. The minimum Gasteiger partial charge on any atom is -0.382 e. The van der Waals surface area contributed by atoms with Gasteiger partial charge >= 0.3 is 0 Å². The van der Waals surface area contributed by atoms with Crippen LogP contribution in [0.15, 0.2) is 41.3 Å². The first-order valence-electron chi connectivity index (χ1n) is 16.7. The Balaban J connectivity index is 1.22. The molecule has 0 bridgehead atoms. The maximum Gasteiger partial charge on any atom is 0.252 e. The van der Waals surface area contributed by atoms with Gasteiger partial charge in [-0.05, 0) is 54.4 Å². The number of fused-ring (bicyclic) bond motifs is 1. The van der Waals surface area contributed by atoms with Gasteiger partial charge in [-0.1, -0.05) is 35.3 Å². The summed E-state index contributed by atoms with van der Waals surface area (Å²) >= 11 is 12.8. The molecular weight excluding hydrogens is 729 g/mol. The molecule has 1 aliphatic heterocycles. The van der Waals surface area contributed by atoms with E-state index in [1.54, 1.807) is 25.3 Å². The minimum atomic E-state index is -3.74. The Labute approximate surface area is 309 Å². The average molecular weight is 779 g/mol. The van der Waals surface area contributed by atoms with Gasteiger partial charge < -0.3 is 44.1 Å². The molecule has 14 nitrogen and oxygen atoms in total. The smallest absolute Gasteiger partial charge is 0.252 e. The molecule has 0 fully saturated rings. The molecule has 0 aliphatic carbocycles. The van der Waals surface area contributed by atoms with Gasteiger partial charge in [-0.2, -0.15) is 0 Å². The van der Waals surface area contributed by atoms with Crippen molar-refractivity contribution < 1.29 is 51.9 Å². The maximum absolute atomic E-state index is 12.8. The molecule has 286 valence electrons. The number of hydrogen-bond acceptors (Lipinski definition) is 12. The Kier molecular flexibility index (Phi) is 19.2. The normalized spacial score (nSPS) is 16.1. The van der Waals surface area contributed by atoms with E-state index in [9.17, 15) is 28.2 Å². The summed E-state index contributed by atoms with van der Waals surface area (Å²) in [7, 11) is -0.175. The summed E-state index contributed by atoms with van der Waals surface area (Å²) in [5.74, 6) is -1.53. The van der Waals surface area contributed by atoms with Crippen LogP contribution in [0, 0.1) is 0 Å². The number of aliphatic hydroxyl groups excluding tert-OH is 2. The van der Waals surface area contributed by atoms with Gasteiger partial charge in [0.15, 0.2) is 11.9 Å². The minimum absolute atomic E-state index is 0.00287. The highest BCUT2D eigenvalue weighted by molar-refractivity contribution is 7.89. The predicted molar refractivity (Wildman–Crippen MR) is 191 cm³/mol. The molecule has 2 aromatic carbocycles. The van der Waals surface area contributed by atoms with E-state index in [1.807, 2.05) is 25.2 Å². The number of methoxy groups -OCH3 is 1. The van der Waals surface area contributed by atoms with E-state index >= 15 is 0 Å². The molecule has 0 radical (unpaired) electrons. The van der Waals surface area contributed by atoms with Crippen molar-refractivity contribution in [2.24, 2.45) is 0 Å². The molecular formula is C34H49Cl2N3O11S. The number of likely N-dealkylation sites (N-methyl/N-ethyl adjacent to an activating group) is 1. The molecule has 0 saturated heterocycles. The lowest BCUT2D eigenvalue weighted by Gasteiger charge is -2.33. The van der Waals surface area contributed by atoms with Crippen LogP contribution in [0.5, 0.6) is 0 Å². The fraction of sp³-hybridized carbons (Fsp3) is 0.588. The van der Waals surface area contributed by atoms with E-state index in [-0.39, 0.29) is 70.0 Å². The average Bonchev–Trinajstić information content (AvgIpc) is 3.11. The molecule has 2 aromatic rings. The van der Waals surface area contributed by atoms with Crippen LogP contribution in [-0.4, -0.2) is 141 Å². The number of nitrogens with zero attached hydrogens (tertiary/aromatic N) is 1. The number of carbonyl (C=O) groups excluding carboxylic acids is 2. The maximum atomic E-state index is 12.8. The zero-order valence-electron chi connectivity index (χ0n) is 29.0. The fourth-order valence-corrected chi connectivity index (χ4v) is 6.88. The molecule has 0 spiro atoms. The second-order valence-electron chi connectivity index (χ2n) is 11.9. The van der Waals surface area contributed by atoms with Crippen molar-refractivity contribution in [3.05, 3.63) is 63.1 Å². The fourth-order valence-electron chi connectivity index (χ4n) is 5.29. The van der Waals surface area contributed by atoms with Crippen molar-refractivity contribution in [2.45, 2.75) is 42.4 Å².